The summed E-state index contributed by atoms with van der Waals surface area (Å²) in [5.41, 5.74) is 1.81. The Bertz CT molecular complexity index is 1050. The predicted molar refractivity (Wildman–Crippen MR) is 110 cm³/mol. The molecule has 0 radical (unpaired) electrons. The van der Waals surface area contributed by atoms with Crippen LogP contribution >= 0.6 is 11.3 Å². The number of carbonyl (C=O) groups is 1. The third-order valence-electron chi connectivity index (χ3n) is 4.96. The monoisotopic (exact) mass is 411 g/mol. The highest BCUT2D eigenvalue weighted by Gasteiger charge is 2.31. The van der Waals surface area contributed by atoms with Crippen LogP contribution in [-0.2, 0) is 11.2 Å². The second-order valence-electron chi connectivity index (χ2n) is 6.80. The number of nitrogens with zero attached hydrogens (tertiary/aromatic N) is 2. The van der Waals surface area contributed by atoms with Crippen LogP contribution in [-0.4, -0.2) is 28.8 Å². The molecule has 1 atom stereocenters. The Balaban J connectivity index is 1.57. The van der Waals surface area contributed by atoms with Crippen molar-refractivity contribution >= 4 is 28.6 Å². The number of nitrogens with one attached hydrogen (secondary N) is 1. The quantitative estimate of drug-likeness (QED) is 0.499. The molecule has 4 rings (SSSR count). The Morgan fingerprint density at radius 2 is 2.03 bits per heavy atom. The zero-order valence-electron chi connectivity index (χ0n) is 15.4. The average molecular weight is 411 g/mol. The van der Waals surface area contributed by atoms with Gasteiger partial charge in [-0.2, -0.15) is 0 Å². The van der Waals surface area contributed by atoms with Gasteiger partial charge in [-0.15, -0.1) is 11.3 Å². The summed E-state index contributed by atoms with van der Waals surface area (Å²) in [5.74, 6) is -1.10. The molecule has 2 heterocycles. The number of hydrogen-bond acceptors (Lipinski definition) is 5. The predicted octanol–water partition coefficient (Wildman–Crippen LogP) is 4.38. The number of fused-ring (bicyclic) bond motifs is 1. The number of nitro benzene ring substituents is 1. The maximum Gasteiger partial charge on any atom is 0.295 e. The number of nitro groups is 1. The van der Waals surface area contributed by atoms with Crippen molar-refractivity contribution in [2.75, 3.05) is 18.4 Å². The van der Waals surface area contributed by atoms with Crippen molar-refractivity contribution in [1.29, 1.82) is 0 Å². The van der Waals surface area contributed by atoms with Crippen molar-refractivity contribution in [3.8, 4) is 0 Å². The van der Waals surface area contributed by atoms with Crippen LogP contribution in [0.3, 0.4) is 0 Å². The van der Waals surface area contributed by atoms with E-state index in [-0.39, 0.29) is 24.2 Å². The topological polar surface area (TPSA) is 75.5 Å². The van der Waals surface area contributed by atoms with Gasteiger partial charge in [-0.3, -0.25) is 19.8 Å². The molecule has 1 aliphatic heterocycles. The molecule has 1 aliphatic rings. The standard InChI is InChI=1S/C21H18FN3O3S/c22-15-6-7-17(18(12-15)25(27)28)23-20(26)13-24-10-8-19-16(9-11-29-19)21(24)14-4-2-1-3-5-14/h1-7,9,11-12,21H,8,10,13H2,(H,23,26)/t21-/m1/s1. The van der Waals surface area contributed by atoms with E-state index in [9.17, 15) is 19.3 Å². The van der Waals surface area contributed by atoms with Crippen LogP contribution < -0.4 is 5.32 Å². The van der Waals surface area contributed by atoms with E-state index in [1.165, 1.54) is 16.5 Å². The van der Waals surface area contributed by atoms with E-state index in [2.05, 4.69) is 21.7 Å². The highest BCUT2D eigenvalue weighted by Crippen LogP contribution is 2.37. The number of rotatable bonds is 5. The Kier molecular flexibility index (Phi) is 5.37. The molecule has 3 aromatic rings. The van der Waals surface area contributed by atoms with E-state index < -0.39 is 16.4 Å². The van der Waals surface area contributed by atoms with E-state index in [0.29, 0.717) is 6.54 Å². The molecule has 1 aromatic heterocycles. The number of carbonyl (C=O) groups excluding carboxylic acids is 1. The van der Waals surface area contributed by atoms with Crippen LogP contribution in [0, 0.1) is 15.9 Å². The summed E-state index contributed by atoms with van der Waals surface area (Å²) in [4.78, 5) is 26.5. The number of thiophene rings is 1. The van der Waals surface area contributed by atoms with Crippen LogP contribution in [0.25, 0.3) is 0 Å². The molecule has 148 valence electrons. The molecule has 6 nitrogen and oxygen atoms in total. The van der Waals surface area contributed by atoms with Gasteiger partial charge in [-0.25, -0.2) is 4.39 Å². The first kappa shape index (κ1) is 19.2. The molecule has 1 amide bonds. The molecule has 0 spiro atoms. The lowest BCUT2D eigenvalue weighted by atomic mass is 9.93. The maximum absolute atomic E-state index is 13.3. The molecule has 2 aromatic carbocycles. The van der Waals surface area contributed by atoms with Crippen molar-refractivity contribution < 1.29 is 14.1 Å². The first-order chi connectivity index (χ1) is 14.0. The fourth-order valence-corrected chi connectivity index (χ4v) is 4.60. The van der Waals surface area contributed by atoms with Crippen molar-refractivity contribution in [1.82, 2.24) is 4.90 Å². The van der Waals surface area contributed by atoms with Crippen LogP contribution in [0.15, 0.2) is 60.0 Å². The zero-order valence-corrected chi connectivity index (χ0v) is 16.2. The normalized spacial score (nSPS) is 16.2. The Labute approximate surface area is 170 Å². The SMILES string of the molecule is O=C(CN1CCc2sccc2[C@H]1c1ccccc1)Nc1ccc(F)cc1[N+](=O)[O-]. The summed E-state index contributed by atoms with van der Waals surface area (Å²) in [7, 11) is 0. The molecule has 8 heteroatoms. The fourth-order valence-electron chi connectivity index (χ4n) is 3.70. The molecular weight excluding hydrogens is 393 g/mol. The Morgan fingerprint density at radius 3 is 2.79 bits per heavy atom. The van der Waals surface area contributed by atoms with Crippen molar-refractivity contribution in [2.24, 2.45) is 0 Å². The van der Waals surface area contributed by atoms with Gasteiger partial charge in [0.05, 0.1) is 23.6 Å². The minimum Gasteiger partial charge on any atom is -0.319 e. The van der Waals surface area contributed by atoms with E-state index in [1.54, 1.807) is 11.3 Å². The van der Waals surface area contributed by atoms with E-state index in [1.807, 2.05) is 30.3 Å². The van der Waals surface area contributed by atoms with Crippen molar-refractivity contribution in [2.45, 2.75) is 12.5 Å². The van der Waals surface area contributed by atoms with Gasteiger partial charge in [0.2, 0.25) is 5.91 Å². The summed E-state index contributed by atoms with van der Waals surface area (Å²) in [6.07, 6.45) is 0.848. The Morgan fingerprint density at radius 1 is 1.24 bits per heavy atom. The summed E-state index contributed by atoms with van der Waals surface area (Å²) in [6.45, 7) is 0.773. The smallest absolute Gasteiger partial charge is 0.295 e. The largest absolute Gasteiger partial charge is 0.319 e. The van der Waals surface area contributed by atoms with Gasteiger partial charge in [-0.05, 0) is 41.1 Å². The molecule has 0 bridgehead atoms. The fraction of sp³-hybridized carbons (Fsp3) is 0.190. The number of benzene rings is 2. The van der Waals surface area contributed by atoms with E-state index in [0.717, 1.165) is 24.1 Å². The van der Waals surface area contributed by atoms with Gasteiger partial charge in [-0.1, -0.05) is 30.3 Å². The van der Waals surface area contributed by atoms with Gasteiger partial charge in [0.15, 0.2) is 0 Å². The zero-order chi connectivity index (χ0) is 20.4. The molecule has 0 saturated heterocycles. The number of amides is 1. The molecular formula is C21H18FN3O3S. The van der Waals surface area contributed by atoms with E-state index >= 15 is 0 Å². The first-order valence-electron chi connectivity index (χ1n) is 9.12. The highest BCUT2D eigenvalue weighted by molar-refractivity contribution is 7.10. The molecule has 0 aliphatic carbocycles. The van der Waals surface area contributed by atoms with Gasteiger partial charge in [0.1, 0.15) is 11.5 Å². The third-order valence-corrected chi connectivity index (χ3v) is 5.95. The van der Waals surface area contributed by atoms with Crippen molar-refractivity contribution in [3.05, 3.63) is 91.9 Å². The lowest BCUT2D eigenvalue weighted by molar-refractivity contribution is -0.384. The summed E-state index contributed by atoms with van der Waals surface area (Å²) in [6, 6.07) is 15.1. The number of hydrogen-bond donors (Lipinski definition) is 1. The second-order valence-corrected chi connectivity index (χ2v) is 7.80. The van der Waals surface area contributed by atoms with Gasteiger partial charge < -0.3 is 5.32 Å². The number of anilines is 1. The van der Waals surface area contributed by atoms with Crippen LogP contribution in [0.1, 0.15) is 22.0 Å². The van der Waals surface area contributed by atoms with E-state index in [4.69, 9.17) is 0 Å². The van der Waals surface area contributed by atoms with Gasteiger partial charge >= 0.3 is 0 Å². The molecule has 0 unspecified atom stereocenters. The molecule has 0 saturated carbocycles. The summed E-state index contributed by atoms with van der Waals surface area (Å²) in [5, 5.41) is 15.8. The van der Waals surface area contributed by atoms with Crippen molar-refractivity contribution in [3.63, 3.8) is 0 Å². The number of halogens is 1. The highest BCUT2D eigenvalue weighted by atomic mass is 32.1. The second kappa shape index (κ2) is 8.10. The average Bonchev–Trinajstić information content (AvgIpc) is 3.18. The van der Waals surface area contributed by atoms with Gasteiger partial charge in [0, 0.05) is 11.4 Å². The molecule has 0 fully saturated rings. The van der Waals surface area contributed by atoms with Crippen LogP contribution in [0.4, 0.5) is 15.8 Å². The van der Waals surface area contributed by atoms with Gasteiger partial charge in [0.25, 0.3) is 5.69 Å². The molecule has 1 N–H and O–H groups in total. The maximum atomic E-state index is 13.3. The molecule has 29 heavy (non-hydrogen) atoms. The minimum atomic E-state index is -0.722. The van der Waals surface area contributed by atoms with Crippen LogP contribution in [0.5, 0.6) is 0 Å². The first-order valence-corrected chi connectivity index (χ1v) is 10.00. The summed E-state index contributed by atoms with van der Waals surface area (Å²) < 4.78 is 13.3. The minimum absolute atomic E-state index is 0.00843. The lowest BCUT2D eigenvalue weighted by Gasteiger charge is -2.35. The van der Waals surface area contributed by atoms with Crippen LogP contribution in [0.2, 0.25) is 0 Å². The lowest BCUT2D eigenvalue weighted by Crippen LogP contribution is -2.40. The summed E-state index contributed by atoms with van der Waals surface area (Å²) >= 11 is 1.72. The third kappa shape index (κ3) is 4.03. The Hall–Kier alpha value is -3.10.